The molecule has 0 aliphatic heterocycles. The molecule has 1 N–H and O–H groups in total. The van der Waals surface area contributed by atoms with E-state index in [2.05, 4.69) is 27.7 Å². The first-order valence-electron chi connectivity index (χ1n) is 15.6. The van der Waals surface area contributed by atoms with Crippen molar-refractivity contribution in [2.45, 2.75) is 125 Å². The van der Waals surface area contributed by atoms with Gasteiger partial charge in [-0.3, -0.25) is 19.2 Å². The van der Waals surface area contributed by atoms with Gasteiger partial charge in [0.05, 0.1) is 6.10 Å². The Morgan fingerprint density at radius 3 is 2.17 bits per heavy atom. The minimum absolute atomic E-state index is 0.0408. The van der Waals surface area contributed by atoms with E-state index in [1.54, 1.807) is 6.08 Å². The Balaban J connectivity index is 1.79. The second-order valence-electron chi connectivity index (χ2n) is 14.2. The van der Waals surface area contributed by atoms with Crippen molar-refractivity contribution < 1.29 is 38.5 Å². The SMILES string of the molecule is CC(=O)OC1CCC2(C)C(=CC(=O)C3C2CC(O)C2(C)C(C(C)CCCC(C)C)C(OC(C)=O)C(OC(C)=O)C32)C1. The quantitative estimate of drug-likeness (QED) is 0.311. The number of hydrogen-bond acceptors (Lipinski definition) is 8. The third-order valence-electron chi connectivity index (χ3n) is 11.1. The number of ketones is 1. The van der Waals surface area contributed by atoms with E-state index in [0.717, 1.165) is 31.3 Å². The van der Waals surface area contributed by atoms with Gasteiger partial charge in [0.15, 0.2) is 5.78 Å². The number of rotatable bonds is 8. The normalized spacial score (nSPS) is 40.5. The molecule has 0 spiro atoms. The molecule has 4 aliphatic rings. The van der Waals surface area contributed by atoms with Gasteiger partial charge in [0.2, 0.25) is 0 Å². The number of allylic oxidation sites excluding steroid dienone is 1. The molecule has 0 amide bonds. The summed E-state index contributed by atoms with van der Waals surface area (Å²) >= 11 is 0. The van der Waals surface area contributed by atoms with Crippen LogP contribution in [0.15, 0.2) is 11.6 Å². The Kier molecular flexibility index (Phi) is 9.14. The van der Waals surface area contributed by atoms with Crippen LogP contribution in [-0.4, -0.2) is 53.2 Å². The van der Waals surface area contributed by atoms with Crippen molar-refractivity contribution in [3.05, 3.63) is 11.6 Å². The average molecular weight is 575 g/mol. The number of aliphatic hydroxyl groups excluding tert-OH is 1. The third kappa shape index (κ3) is 5.74. The maximum atomic E-state index is 14.1. The molecule has 8 heteroatoms. The van der Waals surface area contributed by atoms with Gasteiger partial charge in [-0.25, -0.2) is 0 Å². The molecule has 11 atom stereocenters. The fraction of sp³-hybridized carbons (Fsp3) is 0.818. The predicted octanol–water partition coefficient (Wildman–Crippen LogP) is 5.19. The van der Waals surface area contributed by atoms with Crippen LogP contribution in [-0.2, 0) is 33.4 Å². The first-order chi connectivity index (χ1) is 19.1. The zero-order valence-corrected chi connectivity index (χ0v) is 26.1. The topological polar surface area (TPSA) is 116 Å². The maximum Gasteiger partial charge on any atom is 0.303 e. The molecule has 230 valence electrons. The van der Waals surface area contributed by atoms with Crippen molar-refractivity contribution in [1.29, 1.82) is 0 Å². The Morgan fingerprint density at radius 1 is 0.976 bits per heavy atom. The lowest BCUT2D eigenvalue weighted by Gasteiger charge is -2.59. The Labute approximate surface area is 244 Å². The number of carbonyl (C=O) groups is 4. The van der Waals surface area contributed by atoms with Gasteiger partial charge in [-0.15, -0.1) is 0 Å². The zero-order chi connectivity index (χ0) is 30.4. The lowest BCUT2D eigenvalue weighted by atomic mass is 9.45. The van der Waals surface area contributed by atoms with Crippen LogP contribution in [0.5, 0.6) is 0 Å². The summed E-state index contributed by atoms with van der Waals surface area (Å²) in [6.07, 6.45) is 4.39. The monoisotopic (exact) mass is 574 g/mol. The van der Waals surface area contributed by atoms with Gasteiger partial charge in [0.1, 0.15) is 18.3 Å². The minimum atomic E-state index is -0.832. The molecular weight excluding hydrogens is 524 g/mol. The molecule has 0 radical (unpaired) electrons. The summed E-state index contributed by atoms with van der Waals surface area (Å²) in [5, 5.41) is 12.1. The lowest BCUT2D eigenvalue weighted by Crippen LogP contribution is -2.60. The fourth-order valence-corrected chi connectivity index (χ4v) is 9.38. The smallest absolute Gasteiger partial charge is 0.303 e. The standard InChI is InChI=1S/C33H50O8/c1-17(2)10-9-11-18(3)28-30(40-20(5)35)31(41-21(6)36)29-27-24(16-26(38)33(28,29)8)32(7)13-12-23(39-19(4)34)14-22(32)15-25(27)37/h15,17-18,23-24,26-31,38H,9-14,16H2,1-8H3. The van der Waals surface area contributed by atoms with Crippen LogP contribution in [0.2, 0.25) is 0 Å². The van der Waals surface area contributed by atoms with Gasteiger partial charge in [-0.2, -0.15) is 0 Å². The number of fused-ring (bicyclic) bond motifs is 5. The van der Waals surface area contributed by atoms with Crippen molar-refractivity contribution in [1.82, 2.24) is 0 Å². The predicted molar refractivity (Wildman–Crippen MR) is 152 cm³/mol. The molecule has 3 saturated carbocycles. The summed E-state index contributed by atoms with van der Waals surface area (Å²) in [5.74, 6) is -2.15. The van der Waals surface area contributed by atoms with Gasteiger partial charge in [-0.1, -0.05) is 59.5 Å². The highest BCUT2D eigenvalue weighted by Gasteiger charge is 2.72. The molecule has 0 aromatic carbocycles. The zero-order valence-electron chi connectivity index (χ0n) is 26.1. The number of hydrogen-bond donors (Lipinski definition) is 1. The van der Waals surface area contributed by atoms with E-state index in [1.807, 2.05) is 6.92 Å². The van der Waals surface area contributed by atoms with Gasteiger partial charge in [-0.05, 0) is 48.5 Å². The summed E-state index contributed by atoms with van der Waals surface area (Å²) in [6, 6.07) is 0. The fourth-order valence-electron chi connectivity index (χ4n) is 9.38. The van der Waals surface area contributed by atoms with Gasteiger partial charge >= 0.3 is 17.9 Å². The van der Waals surface area contributed by atoms with E-state index < -0.39 is 47.5 Å². The van der Waals surface area contributed by atoms with Gasteiger partial charge < -0.3 is 19.3 Å². The Morgan fingerprint density at radius 2 is 1.59 bits per heavy atom. The van der Waals surface area contributed by atoms with Gasteiger partial charge in [0.25, 0.3) is 0 Å². The first-order valence-corrected chi connectivity index (χ1v) is 15.6. The van der Waals surface area contributed by atoms with E-state index in [0.29, 0.717) is 25.2 Å². The van der Waals surface area contributed by atoms with Crippen LogP contribution >= 0.6 is 0 Å². The average Bonchev–Trinajstić information content (AvgIpc) is 3.07. The highest BCUT2D eigenvalue weighted by molar-refractivity contribution is 5.95. The van der Waals surface area contributed by atoms with E-state index in [9.17, 15) is 24.3 Å². The molecule has 0 aromatic heterocycles. The molecule has 0 bridgehead atoms. The number of esters is 3. The van der Waals surface area contributed by atoms with Crippen LogP contribution in [0.25, 0.3) is 0 Å². The first kappa shape index (κ1) is 31.7. The largest absolute Gasteiger partial charge is 0.462 e. The molecule has 8 nitrogen and oxygen atoms in total. The van der Waals surface area contributed by atoms with Gasteiger partial charge in [0, 0.05) is 50.4 Å². The summed E-state index contributed by atoms with van der Waals surface area (Å²) in [7, 11) is 0. The summed E-state index contributed by atoms with van der Waals surface area (Å²) in [6.45, 7) is 14.8. The Hall–Kier alpha value is -2.22. The molecule has 0 saturated heterocycles. The summed E-state index contributed by atoms with van der Waals surface area (Å²) in [4.78, 5) is 50.7. The van der Waals surface area contributed by atoms with Crippen molar-refractivity contribution in [2.75, 3.05) is 0 Å². The van der Waals surface area contributed by atoms with Crippen LogP contribution in [0.3, 0.4) is 0 Å². The van der Waals surface area contributed by atoms with E-state index in [1.165, 1.54) is 20.8 Å². The second-order valence-corrected chi connectivity index (χ2v) is 14.2. The van der Waals surface area contributed by atoms with Crippen LogP contribution in [0.4, 0.5) is 0 Å². The number of ether oxygens (including phenoxy) is 3. The van der Waals surface area contributed by atoms with Crippen LogP contribution in [0.1, 0.15) is 100 Å². The molecule has 3 fully saturated rings. The molecule has 0 heterocycles. The third-order valence-corrected chi connectivity index (χ3v) is 11.1. The lowest BCUT2D eigenvalue weighted by molar-refractivity contribution is -0.177. The highest BCUT2D eigenvalue weighted by Crippen LogP contribution is 2.67. The van der Waals surface area contributed by atoms with Crippen molar-refractivity contribution in [2.24, 2.45) is 46.3 Å². The second kappa shape index (κ2) is 11.8. The molecule has 0 aromatic rings. The number of carbonyl (C=O) groups excluding carboxylic acids is 4. The van der Waals surface area contributed by atoms with Crippen LogP contribution < -0.4 is 0 Å². The molecular formula is C33H50O8. The van der Waals surface area contributed by atoms with E-state index in [4.69, 9.17) is 14.2 Å². The number of aliphatic hydroxyl groups is 1. The van der Waals surface area contributed by atoms with E-state index >= 15 is 0 Å². The maximum absolute atomic E-state index is 14.1. The molecule has 4 aliphatic carbocycles. The Bertz CT molecular complexity index is 1080. The van der Waals surface area contributed by atoms with Crippen LogP contribution in [0, 0.1) is 46.3 Å². The van der Waals surface area contributed by atoms with Crippen molar-refractivity contribution in [3.8, 4) is 0 Å². The van der Waals surface area contributed by atoms with Crippen molar-refractivity contribution in [3.63, 3.8) is 0 Å². The molecule has 11 unspecified atom stereocenters. The van der Waals surface area contributed by atoms with E-state index in [-0.39, 0.29) is 41.0 Å². The summed E-state index contributed by atoms with van der Waals surface area (Å²) < 4.78 is 17.5. The molecule has 41 heavy (non-hydrogen) atoms. The summed E-state index contributed by atoms with van der Waals surface area (Å²) in [5.41, 5.74) is -0.199. The van der Waals surface area contributed by atoms with Crippen molar-refractivity contribution >= 4 is 23.7 Å². The molecule has 4 rings (SSSR count). The minimum Gasteiger partial charge on any atom is -0.462 e. The highest BCUT2D eigenvalue weighted by atomic mass is 16.6.